The number of carbonyl (C=O) groups is 2. The Morgan fingerprint density at radius 2 is 1.79 bits per heavy atom. The van der Waals surface area contributed by atoms with Crippen LogP contribution in [0.15, 0.2) is 36.5 Å². The van der Waals surface area contributed by atoms with E-state index < -0.39 is 29.3 Å². The standard InChI is InChI=1S/C27H28F2N2O6S/c1-15-21(10-23(38-15)25(32)34-5)24-22(35-14-16-6-17(28)8-18(29)7-16)9-19(11-30-24)36-20-12-31(13-20)26(33)37-27(2,3)4/h6-11,20H,12-14H2,1-5H3. The van der Waals surface area contributed by atoms with Crippen LogP contribution >= 0.6 is 11.3 Å². The van der Waals surface area contributed by atoms with E-state index in [-0.39, 0.29) is 12.7 Å². The number of pyridine rings is 1. The number of rotatable bonds is 7. The lowest BCUT2D eigenvalue weighted by Crippen LogP contribution is -2.57. The van der Waals surface area contributed by atoms with Gasteiger partial charge in [0.25, 0.3) is 0 Å². The molecule has 3 heterocycles. The third-order valence-corrected chi connectivity index (χ3v) is 6.54. The predicted octanol–water partition coefficient (Wildman–Crippen LogP) is 5.76. The first-order valence-corrected chi connectivity index (χ1v) is 12.6. The van der Waals surface area contributed by atoms with Crippen LogP contribution in [0, 0.1) is 18.6 Å². The molecule has 3 aromatic rings. The van der Waals surface area contributed by atoms with Crippen molar-refractivity contribution >= 4 is 23.4 Å². The van der Waals surface area contributed by atoms with Gasteiger partial charge in [-0.25, -0.2) is 23.4 Å². The summed E-state index contributed by atoms with van der Waals surface area (Å²) in [7, 11) is 1.30. The highest BCUT2D eigenvalue weighted by Crippen LogP contribution is 2.38. The van der Waals surface area contributed by atoms with Crippen molar-refractivity contribution in [1.82, 2.24) is 9.88 Å². The number of likely N-dealkylation sites (tertiary alicyclic amines) is 1. The molecule has 1 aliphatic rings. The summed E-state index contributed by atoms with van der Waals surface area (Å²) in [6.07, 6.45) is 0.843. The first-order valence-electron chi connectivity index (χ1n) is 11.8. The number of hydrogen-bond donors (Lipinski definition) is 0. The highest BCUT2D eigenvalue weighted by molar-refractivity contribution is 7.14. The highest BCUT2D eigenvalue weighted by Gasteiger charge is 2.35. The number of methoxy groups -OCH3 is 1. The van der Waals surface area contributed by atoms with Gasteiger partial charge in [-0.15, -0.1) is 11.3 Å². The van der Waals surface area contributed by atoms with Crippen molar-refractivity contribution in [2.75, 3.05) is 20.2 Å². The van der Waals surface area contributed by atoms with E-state index in [4.69, 9.17) is 18.9 Å². The molecule has 0 bridgehead atoms. The fourth-order valence-electron chi connectivity index (χ4n) is 3.76. The second-order valence-corrected chi connectivity index (χ2v) is 11.0. The molecule has 0 N–H and O–H groups in total. The molecule has 11 heteroatoms. The second kappa shape index (κ2) is 10.9. The van der Waals surface area contributed by atoms with Crippen molar-refractivity contribution in [2.45, 2.75) is 46.0 Å². The normalized spacial score (nSPS) is 13.6. The predicted molar refractivity (Wildman–Crippen MR) is 137 cm³/mol. The molecule has 202 valence electrons. The lowest BCUT2D eigenvalue weighted by atomic mass is 10.1. The number of amides is 1. The number of aryl methyl sites for hydroxylation is 1. The molecule has 8 nitrogen and oxygen atoms in total. The molecular weight excluding hydrogens is 518 g/mol. The van der Waals surface area contributed by atoms with E-state index in [1.54, 1.807) is 32.9 Å². The van der Waals surface area contributed by atoms with E-state index in [1.165, 1.54) is 41.7 Å². The molecule has 1 aliphatic heterocycles. The summed E-state index contributed by atoms with van der Waals surface area (Å²) in [5.41, 5.74) is 0.793. The molecule has 0 saturated carbocycles. The number of nitrogens with zero attached hydrogens (tertiary/aromatic N) is 2. The maximum atomic E-state index is 13.7. The van der Waals surface area contributed by atoms with Crippen LogP contribution in [0.1, 0.15) is 40.9 Å². The molecule has 1 fully saturated rings. The molecule has 1 saturated heterocycles. The highest BCUT2D eigenvalue weighted by atomic mass is 32.1. The van der Waals surface area contributed by atoms with E-state index in [0.717, 1.165) is 10.9 Å². The Morgan fingerprint density at radius 1 is 1.11 bits per heavy atom. The quantitative estimate of drug-likeness (QED) is 0.348. The van der Waals surface area contributed by atoms with E-state index in [1.807, 2.05) is 6.92 Å². The van der Waals surface area contributed by atoms with Crippen LogP contribution in [0.3, 0.4) is 0 Å². The minimum atomic E-state index is -0.713. The van der Waals surface area contributed by atoms with Gasteiger partial charge in [-0.1, -0.05) is 0 Å². The van der Waals surface area contributed by atoms with Crippen molar-refractivity contribution in [2.24, 2.45) is 0 Å². The van der Waals surface area contributed by atoms with Crippen molar-refractivity contribution < 1.29 is 37.3 Å². The fourth-order valence-corrected chi connectivity index (χ4v) is 4.70. The first-order chi connectivity index (χ1) is 17.9. The van der Waals surface area contributed by atoms with E-state index in [2.05, 4.69) is 4.98 Å². The largest absolute Gasteiger partial charge is 0.486 e. The van der Waals surface area contributed by atoms with Crippen molar-refractivity contribution in [3.8, 4) is 22.8 Å². The van der Waals surface area contributed by atoms with Crippen LogP contribution in [0.2, 0.25) is 0 Å². The number of hydrogen-bond acceptors (Lipinski definition) is 8. The average molecular weight is 547 g/mol. The van der Waals surface area contributed by atoms with Crippen molar-refractivity contribution in [1.29, 1.82) is 0 Å². The lowest BCUT2D eigenvalue weighted by Gasteiger charge is -2.39. The summed E-state index contributed by atoms with van der Waals surface area (Å²) in [5.74, 6) is -1.21. The van der Waals surface area contributed by atoms with Gasteiger partial charge in [-0.2, -0.15) is 0 Å². The molecule has 38 heavy (non-hydrogen) atoms. The molecule has 1 amide bonds. The van der Waals surface area contributed by atoms with Crippen LogP contribution in [0.5, 0.6) is 11.5 Å². The topological polar surface area (TPSA) is 87.2 Å². The zero-order valence-electron chi connectivity index (χ0n) is 21.7. The summed E-state index contributed by atoms with van der Waals surface area (Å²) >= 11 is 1.25. The minimum absolute atomic E-state index is 0.129. The Bertz CT molecular complexity index is 1330. The zero-order valence-corrected chi connectivity index (χ0v) is 22.5. The summed E-state index contributed by atoms with van der Waals surface area (Å²) < 4.78 is 49.5. The molecule has 0 atom stereocenters. The Balaban J connectivity index is 1.55. The smallest absolute Gasteiger partial charge is 0.410 e. The molecule has 4 rings (SSSR count). The van der Waals surface area contributed by atoms with Crippen LogP contribution in [-0.2, 0) is 16.1 Å². The molecule has 0 radical (unpaired) electrons. The number of halogens is 2. The summed E-state index contributed by atoms with van der Waals surface area (Å²) in [6, 6.07) is 6.44. The summed E-state index contributed by atoms with van der Waals surface area (Å²) in [5, 5.41) is 0. The number of benzene rings is 1. The average Bonchev–Trinajstić information content (AvgIpc) is 3.18. The van der Waals surface area contributed by atoms with Gasteiger partial charge >= 0.3 is 12.1 Å². The maximum absolute atomic E-state index is 13.7. The number of esters is 1. The summed E-state index contributed by atoms with van der Waals surface area (Å²) in [4.78, 5) is 31.5. The van der Waals surface area contributed by atoms with Gasteiger partial charge in [0, 0.05) is 22.6 Å². The molecule has 2 aromatic heterocycles. The van der Waals surface area contributed by atoms with E-state index in [0.29, 0.717) is 46.3 Å². The molecule has 1 aromatic carbocycles. The number of aromatic nitrogens is 1. The lowest BCUT2D eigenvalue weighted by molar-refractivity contribution is -0.0222. The Morgan fingerprint density at radius 3 is 2.42 bits per heavy atom. The van der Waals surface area contributed by atoms with Gasteiger partial charge in [-0.05, 0) is 51.5 Å². The Labute approximate surface area is 223 Å². The molecule has 0 unspecified atom stereocenters. The second-order valence-electron chi connectivity index (χ2n) is 9.78. The van der Waals surface area contributed by atoms with Crippen LogP contribution in [0.4, 0.5) is 13.6 Å². The molecular formula is C27H28F2N2O6S. The Kier molecular flexibility index (Phi) is 7.86. The zero-order chi connectivity index (χ0) is 27.6. The Hall–Kier alpha value is -3.73. The number of carbonyl (C=O) groups excluding carboxylic acids is 2. The van der Waals surface area contributed by atoms with Gasteiger partial charge in [0.1, 0.15) is 52.0 Å². The molecule has 0 spiro atoms. The van der Waals surface area contributed by atoms with Crippen LogP contribution in [-0.4, -0.2) is 53.9 Å². The van der Waals surface area contributed by atoms with Crippen molar-refractivity contribution in [3.63, 3.8) is 0 Å². The first kappa shape index (κ1) is 27.3. The fraction of sp³-hybridized carbons (Fsp3) is 0.370. The van der Waals surface area contributed by atoms with Crippen molar-refractivity contribution in [3.05, 3.63) is 63.5 Å². The van der Waals surface area contributed by atoms with Gasteiger partial charge in [0.15, 0.2) is 0 Å². The summed E-state index contributed by atoms with van der Waals surface area (Å²) in [6.45, 7) is 7.81. The minimum Gasteiger partial charge on any atom is -0.486 e. The molecule has 0 aliphatic carbocycles. The number of ether oxygens (including phenoxy) is 4. The third-order valence-electron chi connectivity index (χ3n) is 5.51. The van der Waals surface area contributed by atoms with Crippen LogP contribution in [0.25, 0.3) is 11.3 Å². The maximum Gasteiger partial charge on any atom is 0.410 e. The third kappa shape index (κ3) is 6.58. The van der Waals surface area contributed by atoms with Gasteiger partial charge < -0.3 is 23.8 Å². The van der Waals surface area contributed by atoms with E-state index in [9.17, 15) is 18.4 Å². The van der Waals surface area contributed by atoms with E-state index >= 15 is 0 Å². The van der Waals surface area contributed by atoms with Gasteiger partial charge in [0.05, 0.1) is 26.4 Å². The van der Waals surface area contributed by atoms with Gasteiger partial charge in [0.2, 0.25) is 0 Å². The van der Waals surface area contributed by atoms with Crippen LogP contribution < -0.4 is 9.47 Å². The number of thiophene rings is 1. The SMILES string of the molecule is COC(=O)c1cc(-c2ncc(OC3CN(C(=O)OC(C)(C)C)C3)cc2OCc2cc(F)cc(F)c2)c(C)s1. The monoisotopic (exact) mass is 546 g/mol. The van der Waals surface area contributed by atoms with Gasteiger partial charge in [-0.3, -0.25) is 0 Å².